The Kier molecular flexibility index (Phi) is 4.87. The Hall–Kier alpha value is -2.43. The molecule has 0 aliphatic carbocycles. The average molecular weight is 290 g/mol. The van der Waals surface area contributed by atoms with Gasteiger partial charge in [0.25, 0.3) is 0 Å². The lowest BCUT2D eigenvalue weighted by atomic mass is 10.1. The summed E-state index contributed by atoms with van der Waals surface area (Å²) in [6.45, 7) is 0. The zero-order chi connectivity index (χ0) is 15.2. The van der Waals surface area contributed by atoms with Gasteiger partial charge in [0.1, 0.15) is 11.9 Å². The second-order valence-corrected chi connectivity index (χ2v) is 4.47. The Labute approximate surface area is 123 Å². The Balaban J connectivity index is 2.11. The fourth-order valence-electron chi connectivity index (χ4n) is 2.04. The molecular weight excluding hydrogens is 272 g/mol. The zero-order valence-electron chi connectivity index (χ0n) is 12.3. The van der Waals surface area contributed by atoms with E-state index in [1.165, 1.54) is 6.08 Å². The monoisotopic (exact) mass is 290 g/mol. The predicted molar refractivity (Wildman–Crippen MR) is 78.2 cm³/mol. The van der Waals surface area contributed by atoms with Crippen molar-refractivity contribution in [3.05, 3.63) is 41.7 Å². The molecule has 5 nitrogen and oxygen atoms in total. The predicted octanol–water partition coefficient (Wildman–Crippen LogP) is 2.56. The lowest BCUT2D eigenvalue weighted by molar-refractivity contribution is -0.142. The minimum atomic E-state index is -0.389. The van der Waals surface area contributed by atoms with Crippen molar-refractivity contribution in [2.75, 3.05) is 21.3 Å². The van der Waals surface area contributed by atoms with Crippen molar-refractivity contribution in [3.63, 3.8) is 0 Å². The van der Waals surface area contributed by atoms with E-state index in [-0.39, 0.29) is 12.1 Å². The first-order chi connectivity index (χ1) is 10.2. The molecule has 0 unspecified atom stereocenters. The SMILES string of the molecule is COC1=CC(=O)O[C@@H](C=Cc2ccc(OC)c(OC)c2)C1. The van der Waals surface area contributed by atoms with E-state index < -0.39 is 0 Å². The van der Waals surface area contributed by atoms with Gasteiger partial charge < -0.3 is 18.9 Å². The van der Waals surface area contributed by atoms with Gasteiger partial charge in [0, 0.05) is 6.42 Å². The number of methoxy groups -OCH3 is 3. The normalized spacial score (nSPS) is 18.1. The van der Waals surface area contributed by atoms with Gasteiger partial charge in [0.15, 0.2) is 11.5 Å². The second-order valence-electron chi connectivity index (χ2n) is 4.47. The number of hydrogen-bond acceptors (Lipinski definition) is 5. The van der Waals surface area contributed by atoms with Gasteiger partial charge in [0.05, 0.1) is 27.4 Å². The maximum atomic E-state index is 11.4. The molecule has 1 atom stereocenters. The van der Waals surface area contributed by atoms with Crippen LogP contribution < -0.4 is 9.47 Å². The van der Waals surface area contributed by atoms with Gasteiger partial charge in [-0.1, -0.05) is 12.1 Å². The van der Waals surface area contributed by atoms with Crippen LogP contribution in [0.3, 0.4) is 0 Å². The molecule has 0 bridgehead atoms. The maximum Gasteiger partial charge on any atom is 0.334 e. The van der Waals surface area contributed by atoms with Crippen LogP contribution in [-0.4, -0.2) is 33.4 Å². The van der Waals surface area contributed by atoms with E-state index in [0.717, 1.165) is 5.56 Å². The van der Waals surface area contributed by atoms with E-state index in [2.05, 4.69) is 0 Å². The van der Waals surface area contributed by atoms with Crippen LogP contribution in [0.5, 0.6) is 11.5 Å². The number of carbonyl (C=O) groups excluding carboxylic acids is 1. The van der Waals surface area contributed by atoms with Crippen LogP contribution in [-0.2, 0) is 14.3 Å². The number of esters is 1. The highest BCUT2D eigenvalue weighted by Crippen LogP contribution is 2.28. The Morgan fingerprint density at radius 2 is 1.90 bits per heavy atom. The number of cyclic esters (lactones) is 1. The van der Waals surface area contributed by atoms with Gasteiger partial charge in [-0.05, 0) is 23.8 Å². The highest BCUT2D eigenvalue weighted by molar-refractivity contribution is 5.83. The second kappa shape index (κ2) is 6.83. The number of hydrogen-bond donors (Lipinski definition) is 0. The molecule has 5 heteroatoms. The molecule has 112 valence electrons. The summed E-state index contributed by atoms with van der Waals surface area (Å²) >= 11 is 0. The van der Waals surface area contributed by atoms with Crippen LogP contribution in [0, 0.1) is 0 Å². The number of carbonyl (C=O) groups is 1. The molecule has 1 aromatic carbocycles. The minimum Gasteiger partial charge on any atom is -0.501 e. The molecule has 0 saturated heterocycles. The molecule has 0 saturated carbocycles. The highest BCUT2D eigenvalue weighted by Gasteiger charge is 2.19. The lowest BCUT2D eigenvalue weighted by Crippen LogP contribution is -2.21. The molecule has 0 N–H and O–H groups in total. The molecule has 21 heavy (non-hydrogen) atoms. The summed E-state index contributed by atoms with van der Waals surface area (Å²) in [6.07, 6.45) is 5.27. The van der Waals surface area contributed by atoms with Crippen molar-refractivity contribution in [1.29, 1.82) is 0 Å². The van der Waals surface area contributed by atoms with Crippen molar-refractivity contribution >= 4 is 12.0 Å². The molecule has 0 fully saturated rings. The third-order valence-corrected chi connectivity index (χ3v) is 3.12. The first-order valence-corrected chi connectivity index (χ1v) is 6.51. The summed E-state index contributed by atoms with van der Waals surface area (Å²) in [4.78, 5) is 11.4. The third-order valence-electron chi connectivity index (χ3n) is 3.12. The van der Waals surface area contributed by atoms with Gasteiger partial charge in [-0.3, -0.25) is 0 Å². The van der Waals surface area contributed by atoms with Crippen LogP contribution >= 0.6 is 0 Å². The zero-order valence-corrected chi connectivity index (χ0v) is 12.3. The molecule has 0 radical (unpaired) electrons. The lowest BCUT2D eigenvalue weighted by Gasteiger charge is -2.19. The number of benzene rings is 1. The van der Waals surface area contributed by atoms with Crippen LogP contribution in [0.25, 0.3) is 6.08 Å². The van der Waals surface area contributed by atoms with Crippen LogP contribution in [0.2, 0.25) is 0 Å². The molecule has 0 spiro atoms. The van der Waals surface area contributed by atoms with Crippen molar-refractivity contribution in [2.45, 2.75) is 12.5 Å². The largest absolute Gasteiger partial charge is 0.501 e. The smallest absolute Gasteiger partial charge is 0.334 e. The van der Waals surface area contributed by atoms with Crippen LogP contribution in [0.4, 0.5) is 0 Å². The molecule has 1 aliphatic rings. The minimum absolute atomic E-state index is 0.328. The van der Waals surface area contributed by atoms with Crippen LogP contribution in [0.15, 0.2) is 36.1 Å². The van der Waals surface area contributed by atoms with Gasteiger partial charge in [0.2, 0.25) is 0 Å². The molecule has 2 rings (SSSR count). The summed E-state index contributed by atoms with van der Waals surface area (Å²) in [5.41, 5.74) is 0.928. The molecule has 1 aromatic rings. The topological polar surface area (TPSA) is 54.0 Å². The van der Waals surface area contributed by atoms with Gasteiger partial charge in [-0.2, -0.15) is 0 Å². The quantitative estimate of drug-likeness (QED) is 0.780. The van der Waals surface area contributed by atoms with Crippen molar-refractivity contribution in [3.8, 4) is 11.5 Å². The average Bonchev–Trinajstić information content (AvgIpc) is 2.52. The Morgan fingerprint density at radius 1 is 1.14 bits per heavy atom. The third kappa shape index (κ3) is 3.78. The fourth-order valence-corrected chi connectivity index (χ4v) is 2.04. The van der Waals surface area contributed by atoms with Crippen molar-refractivity contribution in [1.82, 2.24) is 0 Å². The summed E-state index contributed by atoms with van der Waals surface area (Å²) in [5, 5.41) is 0. The number of ether oxygens (including phenoxy) is 4. The van der Waals surface area contributed by atoms with E-state index in [1.807, 2.05) is 30.4 Å². The summed E-state index contributed by atoms with van der Waals surface area (Å²) < 4.78 is 20.7. The van der Waals surface area contributed by atoms with Gasteiger partial charge in [-0.15, -0.1) is 0 Å². The fraction of sp³-hybridized carbons (Fsp3) is 0.312. The van der Waals surface area contributed by atoms with E-state index in [1.54, 1.807) is 21.3 Å². The standard InChI is InChI=1S/C16H18O5/c1-18-13-9-12(21-16(17)10-13)6-4-11-5-7-14(19-2)15(8-11)20-3/h4-8,10,12H,9H2,1-3H3/t12-/m0/s1. The highest BCUT2D eigenvalue weighted by atomic mass is 16.5. The first-order valence-electron chi connectivity index (χ1n) is 6.51. The van der Waals surface area contributed by atoms with E-state index in [0.29, 0.717) is 23.7 Å². The van der Waals surface area contributed by atoms with Crippen molar-refractivity contribution < 1.29 is 23.7 Å². The van der Waals surface area contributed by atoms with Crippen LogP contribution in [0.1, 0.15) is 12.0 Å². The van der Waals surface area contributed by atoms with Gasteiger partial charge in [-0.25, -0.2) is 4.79 Å². The molecule has 1 heterocycles. The Morgan fingerprint density at radius 3 is 2.57 bits per heavy atom. The molecular formula is C16H18O5. The van der Waals surface area contributed by atoms with E-state index in [9.17, 15) is 4.79 Å². The van der Waals surface area contributed by atoms with Gasteiger partial charge >= 0.3 is 5.97 Å². The number of rotatable bonds is 5. The van der Waals surface area contributed by atoms with Crippen molar-refractivity contribution in [2.24, 2.45) is 0 Å². The summed E-state index contributed by atoms with van der Waals surface area (Å²) in [6, 6.07) is 5.58. The summed E-state index contributed by atoms with van der Waals surface area (Å²) in [5.74, 6) is 1.55. The Bertz CT molecular complexity index is 574. The summed E-state index contributed by atoms with van der Waals surface area (Å²) in [7, 11) is 4.72. The van der Waals surface area contributed by atoms with E-state index in [4.69, 9.17) is 18.9 Å². The maximum absolute atomic E-state index is 11.4. The molecule has 0 amide bonds. The van der Waals surface area contributed by atoms with E-state index >= 15 is 0 Å². The molecule has 0 aromatic heterocycles. The molecule has 1 aliphatic heterocycles. The first kappa shape index (κ1) is 15.0.